The van der Waals surface area contributed by atoms with Crippen molar-refractivity contribution in [1.82, 2.24) is 9.55 Å². The molecule has 0 amide bonds. The highest BCUT2D eigenvalue weighted by atomic mass is 79.9. The zero-order chi connectivity index (χ0) is 9.97. The van der Waals surface area contributed by atoms with Crippen molar-refractivity contribution in [2.24, 2.45) is 0 Å². The van der Waals surface area contributed by atoms with Gasteiger partial charge in [-0.3, -0.25) is 0 Å². The van der Waals surface area contributed by atoms with Crippen molar-refractivity contribution in [2.75, 3.05) is 13.7 Å². The zero-order valence-electron chi connectivity index (χ0n) is 7.90. The molecule has 0 atom stereocenters. The first-order chi connectivity index (χ1) is 6.81. The summed E-state index contributed by atoms with van der Waals surface area (Å²) < 4.78 is 8.18. The Morgan fingerprint density at radius 3 is 3.14 bits per heavy atom. The van der Waals surface area contributed by atoms with Crippen LogP contribution < -0.4 is 0 Å². The van der Waals surface area contributed by atoms with Crippen LogP contribution in [0.3, 0.4) is 0 Å². The monoisotopic (exact) mass is 254 g/mol. The SMILES string of the molecule is COCCn1cnc2cc(Br)ccc21. The number of fused-ring (bicyclic) bond motifs is 1. The minimum atomic E-state index is 0.710. The molecule has 0 unspecified atom stereocenters. The Morgan fingerprint density at radius 1 is 1.50 bits per heavy atom. The van der Waals surface area contributed by atoms with Crippen molar-refractivity contribution in [1.29, 1.82) is 0 Å². The topological polar surface area (TPSA) is 27.1 Å². The minimum Gasteiger partial charge on any atom is -0.383 e. The molecule has 0 fully saturated rings. The summed E-state index contributed by atoms with van der Waals surface area (Å²) in [6.07, 6.45) is 1.84. The summed E-state index contributed by atoms with van der Waals surface area (Å²) in [4.78, 5) is 4.31. The second-order valence-electron chi connectivity index (χ2n) is 3.06. The normalized spacial score (nSPS) is 11.0. The highest BCUT2D eigenvalue weighted by molar-refractivity contribution is 9.10. The maximum atomic E-state index is 5.03. The van der Waals surface area contributed by atoms with E-state index in [2.05, 4.69) is 31.5 Å². The molecule has 4 heteroatoms. The second kappa shape index (κ2) is 4.11. The zero-order valence-corrected chi connectivity index (χ0v) is 9.49. The molecule has 0 spiro atoms. The van der Waals surface area contributed by atoms with Crippen molar-refractivity contribution in [3.8, 4) is 0 Å². The number of methoxy groups -OCH3 is 1. The molecule has 0 aliphatic carbocycles. The molecule has 3 nitrogen and oxygen atoms in total. The first-order valence-corrected chi connectivity index (χ1v) is 5.20. The molecule has 2 aromatic rings. The molecule has 74 valence electrons. The van der Waals surface area contributed by atoms with Crippen LogP contribution in [0.25, 0.3) is 11.0 Å². The molecule has 0 aliphatic heterocycles. The van der Waals surface area contributed by atoms with Crippen LogP contribution in [0.15, 0.2) is 29.0 Å². The second-order valence-corrected chi connectivity index (χ2v) is 3.98. The number of nitrogens with zero attached hydrogens (tertiary/aromatic N) is 2. The van der Waals surface area contributed by atoms with Crippen molar-refractivity contribution < 1.29 is 4.74 Å². The molecule has 0 bridgehead atoms. The van der Waals surface area contributed by atoms with E-state index in [4.69, 9.17) is 4.74 Å². The Labute approximate surface area is 90.8 Å². The predicted molar refractivity (Wildman–Crippen MR) is 59.3 cm³/mol. The van der Waals surface area contributed by atoms with Crippen molar-refractivity contribution >= 4 is 27.0 Å². The Hall–Kier alpha value is -0.870. The fraction of sp³-hybridized carbons (Fsp3) is 0.300. The molecule has 0 saturated carbocycles. The van der Waals surface area contributed by atoms with E-state index in [1.807, 2.05) is 18.5 Å². The summed E-state index contributed by atoms with van der Waals surface area (Å²) in [5.74, 6) is 0. The first-order valence-electron chi connectivity index (χ1n) is 4.40. The number of ether oxygens (including phenoxy) is 1. The van der Waals surface area contributed by atoms with Crippen molar-refractivity contribution in [3.63, 3.8) is 0 Å². The van der Waals surface area contributed by atoms with Crippen LogP contribution in [-0.4, -0.2) is 23.3 Å². The van der Waals surface area contributed by atoms with E-state index < -0.39 is 0 Å². The standard InChI is InChI=1S/C10H11BrN2O/c1-14-5-4-13-7-12-9-6-8(11)2-3-10(9)13/h2-3,6-7H,4-5H2,1H3. The van der Waals surface area contributed by atoms with Crippen LogP contribution in [0.1, 0.15) is 0 Å². The van der Waals surface area contributed by atoms with Gasteiger partial charge in [0.15, 0.2) is 0 Å². The average molecular weight is 255 g/mol. The third-order valence-corrected chi connectivity index (χ3v) is 2.61. The number of imidazole rings is 1. The van der Waals surface area contributed by atoms with Gasteiger partial charge in [-0.15, -0.1) is 0 Å². The molecule has 14 heavy (non-hydrogen) atoms. The Balaban J connectivity index is 2.37. The lowest BCUT2D eigenvalue weighted by Gasteiger charge is -2.02. The van der Waals surface area contributed by atoms with E-state index >= 15 is 0 Å². The third kappa shape index (κ3) is 1.81. The van der Waals surface area contributed by atoms with Gasteiger partial charge in [0.2, 0.25) is 0 Å². The van der Waals surface area contributed by atoms with E-state index in [9.17, 15) is 0 Å². The van der Waals surface area contributed by atoms with E-state index in [-0.39, 0.29) is 0 Å². The largest absolute Gasteiger partial charge is 0.383 e. The molecule has 0 radical (unpaired) electrons. The molecule has 1 aromatic carbocycles. The smallest absolute Gasteiger partial charge is 0.0959 e. The average Bonchev–Trinajstić information content (AvgIpc) is 2.57. The van der Waals surface area contributed by atoms with Crippen LogP contribution in [0.5, 0.6) is 0 Å². The third-order valence-electron chi connectivity index (χ3n) is 2.12. The molecule has 1 heterocycles. The number of rotatable bonds is 3. The minimum absolute atomic E-state index is 0.710. The van der Waals surface area contributed by atoms with Gasteiger partial charge in [-0.1, -0.05) is 15.9 Å². The molecular formula is C10H11BrN2O. The van der Waals surface area contributed by atoms with Crippen LogP contribution in [0.4, 0.5) is 0 Å². The van der Waals surface area contributed by atoms with Gasteiger partial charge in [-0.2, -0.15) is 0 Å². The number of hydrogen-bond acceptors (Lipinski definition) is 2. The first kappa shape index (κ1) is 9.68. The molecule has 2 rings (SSSR count). The van der Waals surface area contributed by atoms with Gasteiger partial charge in [0.25, 0.3) is 0 Å². The summed E-state index contributed by atoms with van der Waals surface area (Å²) in [6.45, 7) is 1.55. The van der Waals surface area contributed by atoms with E-state index in [0.29, 0.717) is 6.61 Å². The van der Waals surface area contributed by atoms with Crippen LogP contribution in [0.2, 0.25) is 0 Å². The van der Waals surface area contributed by atoms with Crippen LogP contribution in [-0.2, 0) is 11.3 Å². The highest BCUT2D eigenvalue weighted by Crippen LogP contribution is 2.18. The number of benzene rings is 1. The molecule has 0 N–H and O–H groups in total. The lowest BCUT2D eigenvalue weighted by Crippen LogP contribution is -2.02. The summed E-state index contributed by atoms with van der Waals surface area (Å²) in [6, 6.07) is 6.09. The number of aromatic nitrogens is 2. The molecule has 1 aromatic heterocycles. The molecular weight excluding hydrogens is 244 g/mol. The Bertz CT molecular complexity index is 439. The van der Waals surface area contributed by atoms with Gasteiger partial charge in [-0.05, 0) is 18.2 Å². The summed E-state index contributed by atoms with van der Waals surface area (Å²) in [5, 5.41) is 0. The summed E-state index contributed by atoms with van der Waals surface area (Å²) >= 11 is 3.42. The summed E-state index contributed by atoms with van der Waals surface area (Å²) in [7, 11) is 1.70. The van der Waals surface area contributed by atoms with Gasteiger partial charge in [-0.25, -0.2) is 4.98 Å². The maximum absolute atomic E-state index is 5.03. The number of hydrogen-bond donors (Lipinski definition) is 0. The fourth-order valence-corrected chi connectivity index (χ4v) is 1.75. The van der Waals surface area contributed by atoms with E-state index in [0.717, 1.165) is 22.1 Å². The van der Waals surface area contributed by atoms with Crippen molar-refractivity contribution in [2.45, 2.75) is 6.54 Å². The molecule has 0 aliphatic rings. The lowest BCUT2D eigenvalue weighted by atomic mass is 10.3. The van der Waals surface area contributed by atoms with Crippen LogP contribution in [0, 0.1) is 0 Å². The van der Waals surface area contributed by atoms with Gasteiger partial charge in [0.1, 0.15) is 0 Å². The highest BCUT2D eigenvalue weighted by Gasteiger charge is 2.01. The van der Waals surface area contributed by atoms with E-state index in [1.54, 1.807) is 7.11 Å². The lowest BCUT2D eigenvalue weighted by molar-refractivity contribution is 0.188. The Kier molecular flexibility index (Phi) is 2.84. The number of halogens is 1. The van der Waals surface area contributed by atoms with Gasteiger partial charge in [0, 0.05) is 18.1 Å². The molecule has 0 saturated heterocycles. The van der Waals surface area contributed by atoms with Gasteiger partial charge in [0.05, 0.1) is 24.0 Å². The van der Waals surface area contributed by atoms with E-state index in [1.165, 1.54) is 0 Å². The predicted octanol–water partition coefficient (Wildman–Crippen LogP) is 2.45. The maximum Gasteiger partial charge on any atom is 0.0959 e. The van der Waals surface area contributed by atoms with Crippen LogP contribution >= 0.6 is 15.9 Å². The fourth-order valence-electron chi connectivity index (χ4n) is 1.40. The van der Waals surface area contributed by atoms with Crippen molar-refractivity contribution in [3.05, 3.63) is 29.0 Å². The Morgan fingerprint density at radius 2 is 2.36 bits per heavy atom. The van der Waals surface area contributed by atoms with Gasteiger partial charge >= 0.3 is 0 Å². The quantitative estimate of drug-likeness (QED) is 0.842. The summed E-state index contributed by atoms with van der Waals surface area (Å²) in [5.41, 5.74) is 2.15. The van der Waals surface area contributed by atoms with Gasteiger partial charge < -0.3 is 9.30 Å².